The Labute approximate surface area is 162 Å². The predicted octanol–water partition coefficient (Wildman–Crippen LogP) is 1.89. The predicted molar refractivity (Wildman–Crippen MR) is 109 cm³/mol. The number of hydrogen-bond acceptors (Lipinski definition) is 2. The SMILES string of the molecule is Cc1cc(C)c(NC(=O)C[NH+](C)[C@H](C(=O)N(C)C)c2ccccc2)c(C)c1. The first-order valence-corrected chi connectivity index (χ1v) is 9.16. The molecule has 0 heterocycles. The molecule has 0 saturated carbocycles. The van der Waals surface area contributed by atoms with E-state index in [0.29, 0.717) is 0 Å². The second kappa shape index (κ2) is 8.82. The van der Waals surface area contributed by atoms with Gasteiger partial charge in [0.05, 0.1) is 7.05 Å². The molecule has 0 aliphatic rings. The van der Waals surface area contributed by atoms with Crippen LogP contribution in [0.2, 0.25) is 0 Å². The molecule has 2 N–H and O–H groups in total. The number of anilines is 1. The minimum atomic E-state index is -0.424. The van der Waals surface area contributed by atoms with E-state index in [1.807, 2.05) is 58.2 Å². The van der Waals surface area contributed by atoms with Crippen molar-refractivity contribution in [3.63, 3.8) is 0 Å². The third kappa shape index (κ3) is 5.17. The largest absolute Gasteiger partial charge is 0.343 e. The fourth-order valence-electron chi connectivity index (χ4n) is 3.46. The Morgan fingerprint density at radius 1 is 1.04 bits per heavy atom. The summed E-state index contributed by atoms with van der Waals surface area (Å²) in [7, 11) is 5.36. The number of aryl methyl sites for hydroxylation is 3. The third-order valence-electron chi connectivity index (χ3n) is 4.69. The van der Waals surface area contributed by atoms with Crippen LogP contribution in [0.4, 0.5) is 5.69 Å². The summed E-state index contributed by atoms with van der Waals surface area (Å²) in [4.78, 5) is 27.8. The monoisotopic (exact) mass is 368 g/mol. The van der Waals surface area contributed by atoms with Gasteiger partial charge < -0.3 is 15.1 Å². The van der Waals surface area contributed by atoms with Crippen LogP contribution in [0.15, 0.2) is 42.5 Å². The molecule has 2 aromatic rings. The highest BCUT2D eigenvalue weighted by molar-refractivity contribution is 5.93. The van der Waals surface area contributed by atoms with Gasteiger partial charge in [-0.15, -0.1) is 0 Å². The first-order valence-electron chi connectivity index (χ1n) is 9.16. The molecule has 0 spiro atoms. The average Bonchev–Trinajstić information content (AvgIpc) is 2.59. The Hall–Kier alpha value is -2.66. The Bertz CT molecular complexity index is 793. The van der Waals surface area contributed by atoms with Gasteiger partial charge in [-0.05, 0) is 31.9 Å². The fourth-order valence-corrected chi connectivity index (χ4v) is 3.46. The van der Waals surface area contributed by atoms with Gasteiger partial charge in [0.2, 0.25) is 0 Å². The van der Waals surface area contributed by atoms with Gasteiger partial charge in [0.15, 0.2) is 12.6 Å². The molecule has 2 rings (SSSR count). The normalized spacial score (nSPS) is 13.0. The van der Waals surface area contributed by atoms with Crippen LogP contribution < -0.4 is 10.2 Å². The first kappa shape index (κ1) is 20.6. The van der Waals surface area contributed by atoms with Crippen molar-refractivity contribution in [3.8, 4) is 0 Å². The van der Waals surface area contributed by atoms with Crippen molar-refractivity contribution in [2.24, 2.45) is 0 Å². The van der Waals surface area contributed by atoms with E-state index >= 15 is 0 Å². The average molecular weight is 369 g/mol. The van der Waals surface area contributed by atoms with Crippen molar-refractivity contribution in [1.82, 2.24) is 4.90 Å². The Kier molecular flexibility index (Phi) is 6.75. The molecule has 0 radical (unpaired) electrons. The zero-order chi connectivity index (χ0) is 20.1. The second-order valence-electron chi connectivity index (χ2n) is 7.42. The quantitative estimate of drug-likeness (QED) is 0.818. The highest BCUT2D eigenvalue weighted by Gasteiger charge is 2.31. The van der Waals surface area contributed by atoms with Crippen LogP contribution in [0.5, 0.6) is 0 Å². The summed E-state index contributed by atoms with van der Waals surface area (Å²) >= 11 is 0. The van der Waals surface area contributed by atoms with E-state index in [1.165, 1.54) is 5.56 Å². The fraction of sp³-hybridized carbons (Fsp3) is 0.364. The topological polar surface area (TPSA) is 53.9 Å². The molecule has 0 bridgehead atoms. The van der Waals surface area contributed by atoms with Crippen LogP contribution in [-0.2, 0) is 9.59 Å². The van der Waals surface area contributed by atoms with E-state index in [1.54, 1.807) is 19.0 Å². The molecule has 5 heteroatoms. The second-order valence-corrected chi connectivity index (χ2v) is 7.42. The molecule has 2 atom stereocenters. The maximum atomic E-state index is 12.7. The molecule has 5 nitrogen and oxygen atoms in total. The summed E-state index contributed by atoms with van der Waals surface area (Å²) in [5.41, 5.74) is 5.02. The number of carbonyl (C=O) groups is 2. The van der Waals surface area contributed by atoms with Crippen molar-refractivity contribution in [3.05, 3.63) is 64.7 Å². The molecule has 0 aliphatic heterocycles. The first-order chi connectivity index (χ1) is 12.7. The van der Waals surface area contributed by atoms with Crippen molar-refractivity contribution in [2.75, 3.05) is 33.0 Å². The van der Waals surface area contributed by atoms with E-state index in [0.717, 1.165) is 27.3 Å². The van der Waals surface area contributed by atoms with Crippen molar-refractivity contribution in [2.45, 2.75) is 26.8 Å². The lowest BCUT2D eigenvalue weighted by Crippen LogP contribution is -3.11. The lowest BCUT2D eigenvalue weighted by Gasteiger charge is -2.26. The zero-order valence-corrected chi connectivity index (χ0v) is 17.1. The Morgan fingerprint density at radius 2 is 1.59 bits per heavy atom. The summed E-state index contributed by atoms with van der Waals surface area (Å²) in [5, 5.41) is 3.03. The smallest absolute Gasteiger partial charge is 0.285 e. The molecule has 27 heavy (non-hydrogen) atoms. The van der Waals surface area contributed by atoms with E-state index in [2.05, 4.69) is 17.4 Å². The maximum absolute atomic E-state index is 12.7. The van der Waals surface area contributed by atoms with E-state index < -0.39 is 6.04 Å². The van der Waals surface area contributed by atoms with Crippen LogP contribution in [0, 0.1) is 20.8 Å². The summed E-state index contributed by atoms with van der Waals surface area (Å²) in [5.74, 6) is -0.121. The van der Waals surface area contributed by atoms with Crippen LogP contribution >= 0.6 is 0 Å². The van der Waals surface area contributed by atoms with Gasteiger partial charge in [0.25, 0.3) is 11.8 Å². The number of carbonyl (C=O) groups excluding carboxylic acids is 2. The summed E-state index contributed by atoms with van der Waals surface area (Å²) in [6.45, 7) is 6.23. The number of nitrogens with one attached hydrogen (secondary N) is 2. The molecule has 0 saturated heterocycles. The summed E-state index contributed by atoms with van der Waals surface area (Å²) in [6, 6.07) is 13.3. The van der Waals surface area contributed by atoms with E-state index in [9.17, 15) is 9.59 Å². The van der Waals surface area contributed by atoms with Crippen molar-refractivity contribution >= 4 is 17.5 Å². The molecule has 1 unspecified atom stereocenters. The van der Waals surface area contributed by atoms with Gasteiger partial charge in [-0.2, -0.15) is 0 Å². The Balaban J connectivity index is 2.18. The number of benzene rings is 2. The van der Waals surface area contributed by atoms with Gasteiger partial charge in [-0.25, -0.2) is 0 Å². The summed E-state index contributed by atoms with van der Waals surface area (Å²) in [6.07, 6.45) is 0. The third-order valence-corrected chi connectivity index (χ3v) is 4.69. The van der Waals surface area contributed by atoms with Gasteiger partial charge in [-0.3, -0.25) is 9.59 Å². The number of rotatable bonds is 6. The minimum Gasteiger partial charge on any atom is -0.343 e. The number of likely N-dealkylation sites (N-methyl/N-ethyl adjacent to an activating group) is 2. The molecule has 0 aliphatic carbocycles. The number of hydrogen-bond donors (Lipinski definition) is 2. The minimum absolute atomic E-state index is 0.0193. The standard InChI is InChI=1S/C22H29N3O2/c1-15-12-16(2)20(17(3)13-15)23-19(26)14-25(6)21(22(27)24(4)5)18-10-8-7-9-11-18/h7-13,21H,14H2,1-6H3,(H,23,26)/p+1/t21-/m0/s1. The van der Waals surface area contributed by atoms with Gasteiger partial charge in [0, 0.05) is 25.3 Å². The summed E-state index contributed by atoms with van der Waals surface area (Å²) < 4.78 is 0. The van der Waals surface area contributed by atoms with Crippen LogP contribution in [0.25, 0.3) is 0 Å². The van der Waals surface area contributed by atoms with Crippen LogP contribution in [0.1, 0.15) is 28.3 Å². The van der Waals surface area contributed by atoms with Gasteiger partial charge in [0.1, 0.15) is 0 Å². The lowest BCUT2D eigenvalue weighted by atomic mass is 10.0. The number of nitrogens with zero attached hydrogens (tertiary/aromatic N) is 1. The molecule has 0 fully saturated rings. The Morgan fingerprint density at radius 3 is 2.11 bits per heavy atom. The lowest BCUT2D eigenvalue weighted by molar-refractivity contribution is -0.894. The zero-order valence-electron chi connectivity index (χ0n) is 17.1. The van der Waals surface area contributed by atoms with Crippen LogP contribution in [0.3, 0.4) is 0 Å². The number of quaternary nitrogens is 1. The van der Waals surface area contributed by atoms with Crippen molar-refractivity contribution < 1.29 is 14.5 Å². The molecule has 2 aromatic carbocycles. The molecular formula is C22H30N3O2+. The maximum Gasteiger partial charge on any atom is 0.285 e. The van der Waals surface area contributed by atoms with E-state index in [4.69, 9.17) is 0 Å². The molecule has 2 amide bonds. The highest BCUT2D eigenvalue weighted by atomic mass is 16.2. The van der Waals surface area contributed by atoms with Gasteiger partial charge in [-0.1, -0.05) is 48.0 Å². The van der Waals surface area contributed by atoms with Gasteiger partial charge >= 0.3 is 0 Å². The van der Waals surface area contributed by atoms with Crippen LogP contribution in [-0.4, -0.2) is 44.4 Å². The molecular weight excluding hydrogens is 338 g/mol. The number of amides is 2. The molecule has 0 aromatic heterocycles. The van der Waals surface area contributed by atoms with E-state index in [-0.39, 0.29) is 18.4 Å². The highest BCUT2D eigenvalue weighted by Crippen LogP contribution is 2.21. The molecule has 144 valence electrons. The van der Waals surface area contributed by atoms with Crippen molar-refractivity contribution in [1.29, 1.82) is 0 Å².